The second kappa shape index (κ2) is 9.53. The highest BCUT2D eigenvalue weighted by Gasteiger charge is 2.15. The first-order chi connectivity index (χ1) is 15.2. The third-order valence-electron chi connectivity index (χ3n) is 4.90. The van der Waals surface area contributed by atoms with Crippen LogP contribution in [0.3, 0.4) is 0 Å². The smallest absolute Gasteiger partial charge is 0.255 e. The lowest BCUT2D eigenvalue weighted by Crippen LogP contribution is -2.25. The largest absolute Gasteiger partial charge is 0.496 e. The highest BCUT2D eigenvalue weighted by molar-refractivity contribution is 6.32. The number of imidazole rings is 1. The molecular formula is C24H22ClN3O3. The molecule has 1 amide bonds. The van der Waals surface area contributed by atoms with Gasteiger partial charge in [0, 0.05) is 0 Å². The maximum Gasteiger partial charge on any atom is 0.255 e. The van der Waals surface area contributed by atoms with Crippen molar-refractivity contribution in [2.45, 2.75) is 13.1 Å². The number of hydrogen-bond donors (Lipinski definition) is 1. The van der Waals surface area contributed by atoms with E-state index in [0.29, 0.717) is 35.2 Å². The Morgan fingerprint density at radius 3 is 2.52 bits per heavy atom. The number of carbonyl (C=O) groups excluding carboxylic acids is 1. The first-order valence-electron chi connectivity index (χ1n) is 9.90. The molecule has 0 spiro atoms. The summed E-state index contributed by atoms with van der Waals surface area (Å²) in [5.74, 6) is 1.69. The van der Waals surface area contributed by atoms with Crippen molar-refractivity contribution < 1.29 is 14.3 Å². The van der Waals surface area contributed by atoms with E-state index in [2.05, 4.69) is 9.88 Å². The van der Waals surface area contributed by atoms with Crippen molar-refractivity contribution in [1.82, 2.24) is 14.9 Å². The average Bonchev–Trinajstić information content (AvgIpc) is 3.16. The Bertz CT molecular complexity index is 1210. The van der Waals surface area contributed by atoms with Crippen LogP contribution in [-0.2, 0) is 13.1 Å². The monoisotopic (exact) mass is 435 g/mol. The predicted molar refractivity (Wildman–Crippen MR) is 121 cm³/mol. The number of benzene rings is 3. The van der Waals surface area contributed by atoms with E-state index >= 15 is 0 Å². The summed E-state index contributed by atoms with van der Waals surface area (Å²) in [5.41, 5.74) is 2.32. The number of methoxy groups -OCH3 is 1. The highest BCUT2D eigenvalue weighted by Crippen LogP contribution is 2.23. The molecule has 0 aliphatic rings. The fourth-order valence-corrected chi connectivity index (χ4v) is 3.60. The topological polar surface area (TPSA) is 65.4 Å². The zero-order valence-corrected chi connectivity index (χ0v) is 17.8. The number of hydrogen-bond acceptors (Lipinski definition) is 4. The fraction of sp³-hybridized carbons (Fsp3) is 0.167. The second-order valence-electron chi connectivity index (χ2n) is 6.83. The number of nitrogens with zero attached hydrogens (tertiary/aromatic N) is 2. The number of para-hydroxylation sites is 4. The fourth-order valence-electron chi connectivity index (χ4n) is 3.41. The van der Waals surface area contributed by atoms with E-state index in [4.69, 9.17) is 26.1 Å². The number of fused-ring (bicyclic) bond motifs is 1. The van der Waals surface area contributed by atoms with Gasteiger partial charge in [0.2, 0.25) is 0 Å². The molecule has 0 unspecified atom stereocenters. The van der Waals surface area contributed by atoms with Crippen molar-refractivity contribution in [3.8, 4) is 11.5 Å². The molecule has 4 aromatic rings. The lowest BCUT2D eigenvalue weighted by atomic mass is 10.2. The lowest BCUT2D eigenvalue weighted by Gasteiger charge is -2.13. The number of carbonyl (C=O) groups is 1. The van der Waals surface area contributed by atoms with Gasteiger partial charge in [-0.3, -0.25) is 4.79 Å². The minimum absolute atomic E-state index is 0.219. The van der Waals surface area contributed by atoms with Crippen LogP contribution in [0.2, 0.25) is 5.02 Å². The van der Waals surface area contributed by atoms with E-state index in [9.17, 15) is 4.79 Å². The standard InChI is InChI=1S/C24H22ClN3O3/c1-30-21-12-6-2-8-17(21)24(29)26-16-23-27-19-10-4-5-11-20(19)28(23)14-15-31-22-13-7-3-9-18(22)25/h2-13H,14-16H2,1H3,(H,26,29). The van der Waals surface area contributed by atoms with Crippen molar-refractivity contribution >= 4 is 28.5 Å². The van der Waals surface area contributed by atoms with E-state index < -0.39 is 0 Å². The number of halogens is 1. The second-order valence-corrected chi connectivity index (χ2v) is 7.24. The molecule has 7 heteroatoms. The first-order valence-corrected chi connectivity index (χ1v) is 10.3. The van der Waals surface area contributed by atoms with Gasteiger partial charge in [-0.1, -0.05) is 48.0 Å². The third-order valence-corrected chi connectivity index (χ3v) is 5.21. The summed E-state index contributed by atoms with van der Waals surface area (Å²) in [6.07, 6.45) is 0. The Kier molecular flexibility index (Phi) is 6.38. The van der Waals surface area contributed by atoms with Gasteiger partial charge >= 0.3 is 0 Å². The van der Waals surface area contributed by atoms with Gasteiger partial charge in [-0.05, 0) is 36.4 Å². The maximum atomic E-state index is 12.7. The van der Waals surface area contributed by atoms with Crippen LogP contribution in [0.5, 0.6) is 11.5 Å². The molecule has 0 aliphatic carbocycles. The minimum Gasteiger partial charge on any atom is -0.496 e. The van der Waals surface area contributed by atoms with Crippen molar-refractivity contribution in [2.24, 2.45) is 0 Å². The van der Waals surface area contributed by atoms with Crippen LogP contribution in [-0.4, -0.2) is 29.2 Å². The molecule has 1 N–H and O–H groups in total. The van der Waals surface area contributed by atoms with Crippen LogP contribution in [0, 0.1) is 0 Å². The van der Waals surface area contributed by atoms with E-state index in [1.807, 2.05) is 48.5 Å². The molecule has 158 valence electrons. The average molecular weight is 436 g/mol. The molecular weight excluding hydrogens is 414 g/mol. The highest BCUT2D eigenvalue weighted by atomic mass is 35.5. The molecule has 0 aliphatic heterocycles. The van der Waals surface area contributed by atoms with Crippen molar-refractivity contribution in [1.29, 1.82) is 0 Å². The molecule has 0 fully saturated rings. The summed E-state index contributed by atoms with van der Waals surface area (Å²) in [7, 11) is 1.55. The Labute approximate surface area is 185 Å². The van der Waals surface area contributed by atoms with Crippen LogP contribution in [0.15, 0.2) is 72.8 Å². The van der Waals surface area contributed by atoms with Crippen LogP contribution >= 0.6 is 11.6 Å². The molecule has 1 aromatic heterocycles. The summed E-state index contributed by atoms with van der Waals surface area (Å²) < 4.78 is 13.2. The van der Waals surface area contributed by atoms with Crippen molar-refractivity contribution in [2.75, 3.05) is 13.7 Å². The van der Waals surface area contributed by atoms with Gasteiger partial charge in [0.15, 0.2) is 0 Å². The van der Waals surface area contributed by atoms with Gasteiger partial charge in [0.1, 0.15) is 23.9 Å². The third kappa shape index (κ3) is 4.64. The molecule has 6 nitrogen and oxygen atoms in total. The molecule has 0 saturated carbocycles. The lowest BCUT2D eigenvalue weighted by molar-refractivity contribution is 0.0946. The van der Waals surface area contributed by atoms with Gasteiger partial charge in [-0.25, -0.2) is 4.98 Å². The van der Waals surface area contributed by atoms with Crippen LogP contribution in [0.4, 0.5) is 0 Å². The molecule has 0 atom stereocenters. The molecule has 0 saturated heterocycles. The van der Waals surface area contributed by atoms with Gasteiger partial charge in [-0.2, -0.15) is 0 Å². The maximum absolute atomic E-state index is 12.7. The Morgan fingerprint density at radius 1 is 1.00 bits per heavy atom. The van der Waals surface area contributed by atoms with Crippen molar-refractivity contribution in [3.05, 3.63) is 89.2 Å². The summed E-state index contributed by atoms with van der Waals surface area (Å²) in [6, 6.07) is 22.4. The summed E-state index contributed by atoms with van der Waals surface area (Å²) >= 11 is 6.18. The van der Waals surface area contributed by atoms with Gasteiger partial charge in [0.05, 0.1) is 41.8 Å². The molecule has 3 aromatic carbocycles. The Hall–Kier alpha value is -3.51. The Balaban J connectivity index is 1.51. The van der Waals surface area contributed by atoms with E-state index in [1.165, 1.54) is 0 Å². The number of ether oxygens (including phenoxy) is 2. The van der Waals surface area contributed by atoms with E-state index in [-0.39, 0.29) is 12.5 Å². The van der Waals surface area contributed by atoms with E-state index in [1.54, 1.807) is 31.4 Å². The number of rotatable bonds is 8. The minimum atomic E-state index is -0.219. The molecule has 4 rings (SSSR count). The quantitative estimate of drug-likeness (QED) is 0.435. The van der Waals surface area contributed by atoms with Gasteiger partial charge in [-0.15, -0.1) is 0 Å². The number of aromatic nitrogens is 2. The zero-order valence-electron chi connectivity index (χ0n) is 17.0. The first kappa shape index (κ1) is 20.8. The SMILES string of the molecule is COc1ccccc1C(=O)NCc1nc2ccccc2n1CCOc1ccccc1Cl. The van der Waals surface area contributed by atoms with Gasteiger partial charge in [0.25, 0.3) is 5.91 Å². The normalized spacial score (nSPS) is 10.8. The van der Waals surface area contributed by atoms with Crippen LogP contribution < -0.4 is 14.8 Å². The predicted octanol–water partition coefficient (Wildman–Crippen LogP) is 4.71. The molecule has 1 heterocycles. The van der Waals surface area contributed by atoms with Crippen molar-refractivity contribution in [3.63, 3.8) is 0 Å². The van der Waals surface area contributed by atoms with Gasteiger partial charge < -0.3 is 19.4 Å². The van der Waals surface area contributed by atoms with Crippen LogP contribution in [0.25, 0.3) is 11.0 Å². The molecule has 31 heavy (non-hydrogen) atoms. The number of amides is 1. The van der Waals surface area contributed by atoms with E-state index in [0.717, 1.165) is 16.9 Å². The summed E-state index contributed by atoms with van der Waals surface area (Å²) in [4.78, 5) is 17.4. The summed E-state index contributed by atoms with van der Waals surface area (Å²) in [6.45, 7) is 1.25. The van der Waals surface area contributed by atoms with Crippen LogP contribution in [0.1, 0.15) is 16.2 Å². The number of nitrogens with one attached hydrogen (secondary N) is 1. The Morgan fingerprint density at radius 2 is 1.71 bits per heavy atom. The molecule has 0 radical (unpaired) electrons. The zero-order chi connectivity index (χ0) is 21.6. The summed E-state index contributed by atoms with van der Waals surface area (Å²) in [5, 5.41) is 3.52. The molecule has 0 bridgehead atoms.